The van der Waals surface area contributed by atoms with Gasteiger partial charge in [0.25, 0.3) is 0 Å². The van der Waals surface area contributed by atoms with Gasteiger partial charge < -0.3 is 0 Å². The van der Waals surface area contributed by atoms with Crippen molar-refractivity contribution in [3.05, 3.63) is 140 Å². The fraction of sp³-hybridized carbons (Fsp3) is 0. The molecule has 0 aliphatic rings. The maximum Gasteiger partial charge on any atom is 0.123 e. The molecule has 0 radical (unpaired) electrons. The summed E-state index contributed by atoms with van der Waals surface area (Å²) < 4.78 is 55.2. The number of thioether (sulfide) groups is 4. The highest BCUT2D eigenvalue weighted by molar-refractivity contribution is 8.23. The molecule has 4 aromatic rings. The Hall–Kier alpha value is -2.23. The summed E-state index contributed by atoms with van der Waals surface area (Å²) in [5.41, 5.74) is 0. The second-order valence-corrected chi connectivity index (χ2v) is 12.6. The number of benzene rings is 4. The molecule has 0 aliphatic heterocycles. The molecule has 0 N–H and O–H groups in total. The summed E-state index contributed by atoms with van der Waals surface area (Å²) in [6, 6.07) is 24.2. The van der Waals surface area contributed by atoms with E-state index >= 15 is 0 Å². The Balaban J connectivity index is 1.71. The van der Waals surface area contributed by atoms with Gasteiger partial charge in [-0.2, -0.15) is 0 Å². The van der Waals surface area contributed by atoms with E-state index < -0.39 is 0 Å². The molecule has 0 aliphatic carbocycles. The number of allylic oxidation sites excluding steroid dienone is 2. The van der Waals surface area contributed by atoms with Crippen molar-refractivity contribution in [1.29, 1.82) is 0 Å². The normalized spacial score (nSPS) is 10.7. The van der Waals surface area contributed by atoms with Crippen LogP contribution in [0.3, 0.4) is 0 Å². The Morgan fingerprint density at radius 2 is 0.730 bits per heavy atom. The molecule has 0 nitrogen and oxygen atoms in total. The smallest absolute Gasteiger partial charge is 0.123 e. The third kappa shape index (κ3) is 8.93. The lowest BCUT2D eigenvalue weighted by Gasteiger charge is -2.11. The Kier molecular flexibility index (Phi) is 10.2. The van der Waals surface area contributed by atoms with E-state index in [9.17, 15) is 17.6 Å². The van der Waals surface area contributed by atoms with Crippen LogP contribution in [0.1, 0.15) is 0 Å². The zero-order chi connectivity index (χ0) is 26.2. The van der Waals surface area contributed by atoms with E-state index in [1.165, 1.54) is 95.6 Å². The highest BCUT2D eigenvalue weighted by Gasteiger charge is 2.13. The minimum Gasteiger partial charge on any atom is -0.207 e. The zero-order valence-corrected chi connectivity index (χ0v) is 22.9. The van der Waals surface area contributed by atoms with E-state index in [4.69, 9.17) is 11.6 Å². The van der Waals surface area contributed by atoms with Gasteiger partial charge in [-0.3, -0.25) is 0 Å². The van der Waals surface area contributed by atoms with E-state index in [2.05, 4.69) is 0 Å². The van der Waals surface area contributed by atoms with Gasteiger partial charge in [0.05, 0.1) is 13.5 Å². The highest BCUT2D eigenvalue weighted by atomic mass is 35.5. The molecule has 0 amide bonds. The van der Waals surface area contributed by atoms with E-state index in [0.717, 1.165) is 23.8 Å². The van der Waals surface area contributed by atoms with Crippen LogP contribution in [0.4, 0.5) is 17.6 Å². The first kappa shape index (κ1) is 27.8. The van der Waals surface area contributed by atoms with Crippen molar-refractivity contribution >= 4 is 58.6 Å². The van der Waals surface area contributed by atoms with Crippen LogP contribution in [0, 0.1) is 23.3 Å². The van der Waals surface area contributed by atoms with Crippen LogP contribution >= 0.6 is 58.6 Å². The predicted octanol–water partition coefficient (Wildman–Crippen LogP) is 11.0. The molecule has 37 heavy (non-hydrogen) atoms. The molecule has 0 bridgehead atoms. The van der Waals surface area contributed by atoms with Crippen LogP contribution in [0.5, 0.6) is 0 Å². The lowest BCUT2D eigenvalue weighted by atomic mass is 10.4. The van der Waals surface area contributed by atoms with Crippen LogP contribution in [-0.2, 0) is 0 Å². The van der Waals surface area contributed by atoms with Crippen molar-refractivity contribution in [2.45, 2.75) is 19.6 Å². The Labute approximate surface area is 234 Å². The molecular formula is C28H17ClF4S4. The SMILES string of the molecule is Fc1ccc(SC(=CC(Cl)=C(Sc2ccc(F)cc2)Sc2ccc(F)cc2)Sc2ccc(F)cc2)cc1. The number of rotatable bonds is 9. The first-order chi connectivity index (χ1) is 17.8. The lowest BCUT2D eigenvalue weighted by Crippen LogP contribution is -1.83. The monoisotopic (exact) mass is 592 g/mol. The number of hydrogen-bond donors (Lipinski definition) is 0. The van der Waals surface area contributed by atoms with Crippen molar-refractivity contribution < 1.29 is 17.6 Å². The molecule has 4 aromatic carbocycles. The topological polar surface area (TPSA) is 0 Å². The number of hydrogen-bond acceptors (Lipinski definition) is 4. The molecule has 4 rings (SSSR count). The minimum atomic E-state index is -0.347. The summed E-state index contributed by atoms with van der Waals surface area (Å²) in [5, 5.41) is 0.405. The predicted molar refractivity (Wildman–Crippen MR) is 150 cm³/mol. The summed E-state index contributed by atoms with van der Waals surface area (Å²) in [7, 11) is 0. The second-order valence-electron chi connectivity index (χ2n) is 7.32. The van der Waals surface area contributed by atoms with Gasteiger partial charge in [-0.25, -0.2) is 17.6 Å². The summed E-state index contributed by atoms with van der Waals surface area (Å²) in [5.74, 6) is -1.37. The van der Waals surface area contributed by atoms with E-state index in [1.54, 1.807) is 54.6 Å². The standard InChI is InChI=1S/C28H17ClF4S4/c29-26(28(36-24-13-5-20(32)6-14-24)37-25-15-7-21(33)8-16-25)17-27(34-22-9-1-18(30)2-10-22)35-23-11-3-19(31)4-12-23/h1-17H. The van der Waals surface area contributed by atoms with Gasteiger partial charge >= 0.3 is 0 Å². The molecule has 0 saturated heterocycles. The number of halogens is 5. The third-order valence-electron chi connectivity index (χ3n) is 4.55. The van der Waals surface area contributed by atoms with E-state index in [-0.39, 0.29) is 23.3 Å². The van der Waals surface area contributed by atoms with Gasteiger partial charge in [0.1, 0.15) is 23.3 Å². The van der Waals surface area contributed by atoms with Gasteiger partial charge in [0, 0.05) is 19.6 Å². The van der Waals surface area contributed by atoms with E-state index in [1.807, 2.05) is 0 Å². The minimum absolute atomic E-state index is 0.340. The summed E-state index contributed by atoms with van der Waals surface area (Å²) in [4.78, 5) is 3.14. The fourth-order valence-electron chi connectivity index (χ4n) is 2.82. The van der Waals surface area contributed by atoms with Crippen molar-refractivity contribution in [3.63, 3.8) is 0 Å². The highest BCUT2D eigenvalue weighted by Crippen LogP contribution is 2.46. The largest absolute Gasteiger partial charge is 0.207 e. The second kappa shape index (κ2) is 13.5. The molecule has 0 unspecified atom stereocenters. The molecule has 0 atom stereocenters. The van der Waals surface area contributed by atoms with Crippen LogP contribution in [0.15, 0.2) is 136 Å². The Morgan fingerprint density at radius 3 is 1.03 bits per heavy atom. The van der Waals surface area contributed by atoms with Gasteiger partial charge in [0.15, 0.2) is 0 Å². The van der Waals surface area contributed by atoms with E-state index in [0.29, 0.717) is 9.27 Å². The van der Waals surface area contributed by atoms with Crippen molar-refractivity contribution in [1.82, 2.24) is 0 Å². The Bertz CT molecular complexity index is 1290. The summed E-state index contributed by atoms with van der Waals surface area (Å²) in [6.45, 7) is 0. The van der Waals surface area contributed by atoms with Gasteiger partial charge in [-0.05, 0) is 103 Å². The maximum absolute atomic E-state index is 13.5. The van der Waals surface area contributed by atoms with Crippen LogP contribution < -0.4 is 0 Å². The summed E-state index contributed by atoms with van der Waals surface area (Å²) in [6.07, 6.45) is 1.78. The third-order valence-corrected chi connectivity index (χ3v) is 9.55. The molecule has 0 heterocycles. The maximum atomic E-state index is 13.5. The average molecular weight is 593 g/mol. The van der Waals surface area contributed by atoms with Crippen molar-refractivity contribution in [2.75, 3.05) is 0 Å². The molecule has 0 spiro atoms. The summed E-state index contributed by atoms with van der Waals surface area (Å²) >= 11 is 12.3. The molecule has 188 valence electrons. The van der Waals surface area contributed by atoms with Crippen molar-refractivity contribution in [3.8, 4) is 0 Å². The van der Waals surface area contributed by atoms with Crippen LogP contribution in [0.2, 0.25) is 0 Å². The molecule has 9 heteroatoms. The molecule has 0 fully saturated rings. The van der Waals surface area contributed by atoms with Gasteiger partial charge in [0.2, 0.25) is 0 Å². The molecule has 0 saturated carbocycles. The first-order valence-electron chi connectivity index (χ1n) is 10.7. The zero-order valence-electron chi connectivity index (χ0n) is 18.8. The first-order valence-corrected chi connectivity index (χ1v) is 14.3. The Morgan fingerprint density at radius 1 is 0.459 bits per heavy atom. The van der Waals surface area contributed by atoms with Crippen molar-refractivity contribution in [2.24, 2.45) is 0 Å². The molecular weight excluding hydrogens is 576 g/mol. The van der Waals surface area contributed by atoms with Crippen LogP contribution in [0.25, 0.3) is 0 Å². The molecule has 0 aromatic heterocycles. The quantitative estimate of drug-likeness (QED) is 0.108. The fourth-order valence-corrected chi connectivity index (χ4v) is 7.42. The van der Waals surface area contributed by atoms with Gasteiger partial charge in [-0.1, -0.05) is 58.6 Å². The van der Waals surface area contributed by atoms with Crippen LogP contribution in [-0.4, -0.2) is 0 Å². The average Bonchev–Trinajstić information content (AvgIpc) is 2.89. The lowest BCUT2D eigenvalue weighted by molar-refractivity contribution is 0.626. The van der Waals surface area contributed by atoms with Gasteiger partial charge in [-0.15, -0.1) is 0 Å².